The highest BCUT2D eigenvalue weighted by atomic mass is 16.5. The first-order valence-electron chi connectivity index (χ1n) is 7.71. The molecule has 0 aromatic rings. The van der Waals surface area contributed by atoms with Crippen LogP contribution in [-0.4, -0.2) is 49.4 Å². The molecular weight excluding hydrogens is 314 g/mol. The van der Waals surface area contributed by atoms with Crippen LogP contribution in [-0.2, 0) is 28.7 Å². The van der Waals surface area contributed by atoms with Gasteiger partial charge in [0.25, 0.3) is 0 Å². The molecule has 1 atom stereocenters. The van der Waals surface area contributed by atoms with Gasteiger partial charge in [0, 0.05) is 13.0 Å². The summed E-state index contributed by atoms with van der Waals surface area (Å²) in [5.41, 5.74) is -0.940. The fraction of sp³-hybridized carbons (Fsp3) is 0.529. The molecule has 130 valence electrons. The number of carbonyl (C=O) groups excluding carboxylic acids is 4. The number of allylic oxidation sites excluding steroid dienone is 1. The zero-order chi connectivity index (χ0) is 17.9. The van der Waals surface area contributed by atoms with Gasteiger partial charge in [-0.05, 0) is 19.3 Å². The van der Waals surface area contributed by atoms with E-state index in [1.807, 2.05) is 0 Å². The average molecular weight is 335 g/mol. The first kappa shape index (κ1) is 17.9. The van der Waals surface area contributed by atoms with Crippen LogP contribution < -0.4 is 0 Å². The Morgan fingerprint density at radius 1 is 1.21 bits per heavy atom. The molecule has 7 nitrogen and oxygen atoms in total. The van der Waals surface area contributed by atoms with E-state index in [1.165, 1.54) is 19.1 Å². The Hall–Kier alpha value is -2.44. The van der Waals surface area contributed by atoms with Gasteiger partial charge in [-0.25, -0.2) is 0 Å². The maximum atomic E-state index is 12.3. The van der Waals surface area contributed by atoms with E-state index in [2.05, 4.69) is 6.58 Å². The van der Waals surface area contributed by atoms with Crippen molar-refractivity contribution in [2.75, 3.05) is 20.8 Å². The average Bonchev–Trinajstić information content (AvgIpc) is 2.85. The second kappa shape index (κ2) is 6.98. The summed E-state index contributed by atoms with van der Waals surface area (Å²) in [4.78, 5) is 50.1. The molecule has 0 aliphatic carbocycles. The standard InChI is InChI=1S/C17H21NO6/c1-11-6-8-17(15(21)23-2,16(22)24-3)7-4-5-9-18-13(19)10-12(11)14(18)20/h4-5,12H,1,6-10H2,2-3H3/b5-4+. The molecule has 2 rings (SSSR count). The van der Waals surface area contributed by atoms with E-state index in [1.54, 1.807) is 12.2 Å². The van der Waals surface area contributed by atoms with Gasteiger partial charge in [0.05, 0.1) is 20.1 Å². The molecule has 0 N–H and O–H groups in total. The summed E-state index contributed by atoms with van der Waals surface area (Å²) in [7, 11) is 2.43. The van der Waals surface area contributed by atoms with Crippen LogP contribution in [0.2, 0.25) is 0 Å². The number of esters is 2. The molecule has 0 aromatic carbocycles. The van der Waals surface area contributed by atoms with Crippen LogP contribution in [0.25, 0.3) is 0 Å². The number of methoxy groups -OCH3 is 2. The maximum absolute atomic E-state index is 12.3. The van der Waals surface area contributed by atoms with Crippen LogP contribution in [0.4, 0.5) is 0 Å². The van der Waals surface area contributed by atoms with E-state index in [4.69, 9.17) is 9.47 Å². The van der Waals surface area contributed by atoms with E-state index >= 15 is 0 Å². The Labute approximate surface area is 140 Å². The number of amides is 2. The smallest absolute Gasteiger partial charge is 0.323 e. The van der Waals surface area contributed by atoms with E-state index in [0.29, 0.717) is 5.57 Å². The van der Waals surface area contributed by atoms with Crippen LogP contribution in [0.5, 0.6) is 0 Å². The van der Waals surface area contributed by atoms with E-state index < -0.39 is 23.3 Å². The summed E-state index contributed by atoms with van der Waals surface area (Å²) in [6.45, 7) is 4.01. The quantitative estimate of drug-likeness (QED) is 0.323. The number of nitrogens with zero attached hydrogens (tertiary/aromatic N) is 1. The summed E-state index contributed by atoms with van der Waals surface area (Å²) in [5.74, 6) is -2.48. The van der Waals surface area contributed by atoms with Gasteiger partial charge in [0.2, 0.25) is 11.8 Å². The van der Waals surface area contributed by atoms with E-state index in [-0.39, 0.29) is 44.0 Å². The lowest BCUT2D eigenvalue weighted by Crippen LogP contribution is -2.41. The topological polar surface area (TPSA) is 90.0 Å². The lowest BCUT2D eigenvalue weighted by Gasteiger charge is -2.27. The number of rotatable bonds is 2. The molecule has 1 fully saturated rings. The number of hydrogen-bond donors (Lipinski definition) is 0. The highest BCUT2D eigenvalue weighted by molar-refractivity contribution is 6.05. The van der Waals surface area contributed by atoms with Gasteiger partial charge in [0.15, 0.2) is 5.41 Å². The number of carbonyl (C=O) groups is 4. The van der Waals surface area contributed by atoms with Crippen LogP contribution >= 0.6 is 0 Å². The minimum atomic E-state index is -1.48. The van der Waals surface area contributed by atoms with Crippen LogP contribution in [0.1, 0.15) is 25.7 Å². The molecule has 2 amide bonds. The second-order valence-corrected chi connectivity index (χ2v) is 6.00. The normalized spacial score (nSPS) is 25.0. The predicted molar refractivity (Wildman–Crippen MR) is 83.4 cm³/mol. The van der Waals surface area contributed by atoms with Crippen molar-refractivity contribution in [1.82, 2.24) is 4.90 Å². The number of fused-ring (bicyclic) bond motifs is 2. The molecule has 2 aliphatic heterocycles. The Balaban J connectivity index is 2.38. The predicted octanol–water partition coefficient (Wildman–Crippen LogP) is 0.990. The van der Waals surface area contributed by atoms with Gasteiger partial charge < -0.3 is 9.47 Å². The monoisotopic (exact) mass is 335 g/mol. The summed E-state index contributed by atoms with van der Waals surface area (Å²) in [6, 6.07) is 0. The van der Waals surface area contributed by atoms with Gasteiger partial charge in [0.1, 0.15) is 0 Å². The minimum Gasteiger partial charge on any atom is -0.468 e. The number of hydrogen-bond acceptors (Lipinski definition) is 6. The lowest BCUT2D eigenvalue weighted by atomic mass is 9.77. The molecule has 0 spiro atoms. The fourth-order valence-electron chi connectivity index (χ4n) is 3.15. The number of ether oxygens (including phenoxy) is 2. The molecule has 2 heterocycles. The SMILES string of the molecule is C=C1CCC(C(=O)OC)(C(=O)OC)C/C=C/CN2C(=O)CC1C2=O. The summed E-state index contributed by atoms with van der Waals surface area (Å²) >= 11 is 0. The first-order chi connectivity index (χ1) is 11.4. The largest absolute Gasteiger partial charge is 0.468 e. The maximum Gasteiger partial charge on any atom is 0.323 e. The molecule has 7 heteroatoms. The van der Waals surface area contributed by atoms with Crippen LogP contribution in [0.3, 0.4) is 0 Å². The summed E-state index contributed by atoms with van der Waals surface area (Å²) in [5, 5.41) is 0. The molecule has 0 aromatic heterocycles. The van der Waals surface area contributed by atoms with Gasteiger partial charge in [-0.3, -0.25) is 24.1 Å². The Kier molecular flexibility index (Phi) is 5.21. The van der Waals surface area contributed by atoms with Crippen LogP contribution in [0, 0.1) is 11.3 Å². The Morgan fingerprint density at radius 2 is 1.83 bits per heavy atom. The third kappa shape index (κ3) is 2.98. The van der Waals surface area contributed by atoms with Gasteiger partial charge in [-0.1, -0.05) is 24.3 Å². The molecule has 0 radical (unpaired) electrons. The lowest BCUT2D eigenvalue weighted by molar-refractivity contribution is -0.169. The molecule has 1 unspecified atom stereocenters. The van der Waals surface area contributed by atoms with Gasteiger partial charge >= 0.3 is 11.9 Å². The Bertz CT molecular complexity index is 605. The molecule has 0 saturated carbocycles. The summed E-state index contributed by atoms with van der Waals surface area (Å²) in [6.07, 6.45) is 3.71. The van der Waals surface area contributed by atoms with Crippen LogP contribution in [0.15, 0.2) is 24.3 Å². The highest BCUT2D eigenvalue weighted by Crippen LogP contribution is 2.37. The number of imide groups is 1. The minimum absolute atomic E-state index is 0.0700. The zero-order valence-electron chi connectivity index (χ0n) is 13.9. The molecule has 2 bridgehead atoms. The molecule has 1 saturated heterocycles. The molecule has 2 aliphatic rings. The van der Waals surface area contributed by atoms with Crippen molar-refractivity contribution in [2.45, 2.75) is 25.7 Å². The first-order valence-corrected chi connectivity index (χ1v) is 7.71. The van der Waals surface area contributed by atoms with E-state index in [0.717, 1.165) is 0 Å². The zero-order valence-corrected chi connectivity index (χ0v) is 13.9. The fourth-order valence-corrected chi connectivity index (χ4v) is 3.15. The Morgan fingerprint density at radius 3 is 2.42 bits per heavy atom. The van der Waals surface area contributed by atoms with Crippen molar-refractivity contribution in [2.24, 2.45) is 11.3 Å². The van der Waals surface area contributed by atoms with Gasteiger partial charge in [-0.2, -0.15) is 0 Å². The third-order valence-electron chi connectivity index (χ3n) is 4.68. The van der Waals surface area contributed by atoms with Crippen molar-refractivity contribution < 1.29 is 28.7 Å². The van der Waals surface area contributed by atoms with Gasteiger partial charge in [-0.15, -0.1) is 0 Å². The van der Waals surface area contributed by atoms with Crippen molar-refractivity contribution in [3.05, 3.63) is 24.3 Å². The van der Waals surface area contributed by atoms with Crippen molar-refractivity contribution >= 4 is 23.8 Å². The molecular formula is C17H21NO6. The third-order valence-corrected chi connectivity index (χ3v) is 4.68. The van der Waals surface area contributed by atoms with E-state index in [9.17, 15) is 19.2 Å². The summed E-state index contributed by atoms with van der Waals surface area (Å²) < 4.78 is 9.63. The molecule has 24 heavy (non-hydrogen) atoms. The van der Waals surface area contributed by atoms with Crippen molar-refractivity contribution in [3.8, 4) is 0 Å². The second-order valence-electron chi connectivity index (χ2n) is 6.00. The van der Waals surface area contributed by atoms with Crippen molar-refractivity contribution in [1.29, 1.82) is 0 Å². The van der Waals surface area contributed by atoms with Crippen molar-refractivity contribution in [3.63, 3.8) is 0 Å². The highest BCUT2D eigenvalue weighted by Gasteiger charge is 2.48.